The summed E-state index contributed by atoms with van der Waals surface area (Å²) in [6.45, 7) is 9.67. The van der Waals surface area contributed by atoms with E-state index in [1.165, 1.54) is 0 Å². The third kappa shape index (κ3) is 5.65. The number of nitrogens with zero attached hydrogens (tertiary/aromatic N) is 1. The van der Waals surface area contributed by atoms with Gasteiger partial charge in [-0.1, -0.05) is 116 Å². The van der Waals surface area contributed by atoms with Crippen LogP contribution in [0.15, 0.2) is 83.3 Å². The summed E-state index contributed by atoms with van der Waals surface area (Å²) in [5.74, 6) is -1.18. The average Bonchev–Trinajstić information content (AvgIpc) is 3.18. The summed E-state index contributed by atoms with van der Waals surface area (Å²) in [7, 11) is -0.975. The van der Waals surface area contributed by atoms with Gasteiger partial charge in [-0.15, -0.1) is 0 Å². The molecule has 1 aliphatic heterocycles. The monoisotopic (exact) mass is 592 g/mol. The Morgan fingerprint density at radius 1 is 1.00 bits per heavy atom. The van der Waals surface area contributed by atoms with Gasteiger partial charge in [0.05, 0.1) is 12.6 Å². The highest BCUT2D eigenvalue weighted by molar-refractivity contribution is 9.10. The van der Waals surface area contributed by atoms with E-state index in [1.54, 1.807) is 4.90 Å². The van der Waals surface area contributed by atoms with Crippen molar-refractivity contribution in [2.24, 2.45) is 0 Å². The molecule has 3 aromatic rings. The lowest BCUT2D eigenvalue weighted by Gasteiger charge is -2.36. The Kier molecular flexibility index (Phi) is 8.91. The van der Waals surface area contributed by atoms with Gasteiger partial charge in [0.1, 0.15) is 5.41 Å². The zero-order valence-electron chi connectivity index (χ0n) is 22.4. The van der Waals surface area contributed by atoms with Crippen molar-refractivity contribution in [1.82, 2.24) is 4.90 Å². The molecule has 1 fully saturated rings. The number of hydrogen-bond acceptors (Lipinski definition) is 3. The van der Waals surface area contributed by atoms with Gasteiger partial charge in [-0.05, 0) is 39.4 Å². The molecule has 1 saturated heterocycles. The second-order valence-electron chi connectivity index (χ2n) is 10.6. The first-order valence-corrected chi connectivity index (χ1v) is 15.4. The summed E-state index contributed by atoms with van der Waals surface area (Å²) in [4.78, 5) is 28.4. The van der Waals surface area contributed by atoms with Crippen LogP contribution in [0, 0.1) is 0 Å². The van der Waals surface area contributed by atoms with Crippen LogP contribution in [0.5, 0.6) is 0 Å². The lowest BCUT2D eigenvalue weighted by Crippen LogP contribution is -2.42. The molecule has 2 atom stereocenters. The molecule has 1 heterocycles. The molecule has 1 aliphatic rings. The van der Waals surface area contributed by atoms with Crippen LogP contribution in [0.4, 0.5) is 0 Å². The number of halogens is 1. The molecule has 4 rings (SSSR count). The number of aliphatic carboxylic acids is 1. The van der Waals surface area contributed by atoms with Gasteiger partial charge >= 0.3 is 5.97 Å². The van der Waals surface area contributed by atoms with Gasteiger partial charge in [-0.2, -0.15) is 0 Å². The highest BCUT2D eigenvalue weighted by Gasteiger charge is 2.59. The Morgan fingerprint density at radius 2 is 1.61 bits per heavy atom. The van der Waals surface area contributed by atoms with E-state index in [1.807, 2.05) is 78.9 Å². The van der Waals surface area contributed by atoms with Crippen molar-refractivity contribution in [3.63, 3.8) is 0 Å². The van der Waals surface area contributed by atoms with Crippen LogP contribution < -0.4 is 0 Å². The molecule has 5 nitrogen and oxygen atoms in total. The van der Waals surface area contributed by atoms with Crippen LogP contribution in [0.2, 0.25) is 11.1 Å². The molecule has 7 heteroatoms. The number of carboxylic acid groups (broad SMARTS) is 1. The molecule has 1 radical (unpaired) electrons. The van der Waals surface area contributed by atoms with Crippen LogP contribution in [-0.4, -0.2) is 30.9 Å². The topological polar surface area (TPSA) is 66.8 Å². The summed E-state index contributed by atoms with van der Waals surface area (Å²) in [5.41, 5.74) is 2.96. The van der Waals surface area contributed by atoms with Crippen molar-refractivity contribution >= 4 is 36.8 Å². The molecule has 1 N–H and O–H groups in total. The maximum atomic E-state index is 13.6. The molecule has 1 amide bonds. The Balaban J connectivity index is 1.77. The van der Waals surface area contributed by atoms with Crippen LogP contribution in [-0.2, 0) is 32.6 Å². The van der Waals surface area contributed by atoms with Gasteiger partial charge < -0.3 is 14.4 Å². The molecular formula is C31H35BrNO4Si. The second-order valence-corrected chi connectivity index (χ2v) is 14.8. The van der Waals surface area contributed by atoms with Gasteiger partial charge in [-0.25, -0.2) is 0 Å². The zero-order valence-corrected chi connectivity index (χ0v) is 24.9. The van der Waals surface area contributed by atoms with Crippen LogP contribution in [0.1, 0.15) is 62.4 Å². The molecule has 0 aromatic heterocycles. The Labute approximate surface area is 235 Å². The van der Waals surface area contributed by atoms with E-state index in [0.29, 0.717) is 29.8 Å². The fourth-order valence-corrected chi connectivity index (χ4v) is 8.58. The molecule has 0 unspecified atom stereocenters. The first kappa shape index (κ1) is 28.3. The molecule has 199 valence electrons. The van der Waals surface area contributed by atoms with Crippen LogP contribution >= 0.6 is 15.9 Å². The summed E-state index contributed by atoms with van der Waals surface area (Å²) >= 11 is 3.75. The number of rotatable bonds is 10. The molecule has 0 bridgehead atoms. The van der Waals surface area contributed by atoms with E-state index >= 15 is 0 Å². The highest BCUT2D eigenvalue weighted by atomic mass is 79.9. The lowest BCUT2D eigenvalue weighted by atomic mass is 9.71. The Morgan fingerprint density at radius 3 is 2.16 bits per heavy atom. The third-order valence-electron chi connectivity index (χ3n) is 7.30. The van der Waals surface area contributed by atoms with Crippen molar-refractivity contribution in [3.05, 3.63) is 106 Å². The van der Waals surface area contributed by atoms with E-state index in [2.05, 4.69) is 43.6 Å². The standard InChI is InChI=1S/C31H35BrNO4Si/c1-21(2)38(22(3)4)37-20-24-15-16-26(27(32)17-24)29-31(30(35)36,25-13-9-6-10-14-25)18-28(34)33(29)19-23-11-7-5-8-12-23/h5-17,21-22,29H,18-20H2,1-4H3,(H,35,36)/t29-,31-/m1/s1. The van der Waals surface area contributed by atoms with Crippen molar-refractivity contribution in [2.75, 3.05) is 0 Å². The SMILES string of the molecule is CC(C)[Si](OCc1ccc([C@H]2N(Cc3ccccc3)C(=O)C[C@@]2(C(=O)O)c2ccccc2)c(Br)c1)C(C)C. The first-order chi connectivity index (χ1) is 18.1. The van der Waals surface area contributed by atoms with Gasteiger partial charge in [0.25, 0.3) is 0 Å². The van der Waals surface area contributed by atoms with E-state index < -0.39 is 26.5 Å². The minimum absolute atomic E-state index is 0.101. The van der Waals surface area contributed by atoms with Crippen molar-refractivity contribution in [1.29, 1.82) is 0 Å². The van der Waals surface area contributed by atoms with Crippen LogP contribution in [0.25, 0.3) is 0 Å². The first-order valence-electron chi connectivity index (χ1n) is 13.0. The van der Waals surface area contributed by atoms with Crippen molar-refractivity contribution < 1.29 is 19.1 Å². The molecule has 38 heavy (non-hydrogen) atoms. The largest absolute Gasteiger partial charge is 0.480 e. The minimum atomic E-state index is -1.42. The lowest BCUT2D eigenvalue weighted by molar-refractivity contribution is -0.145. The smallest absolute Gasteiger partial charge is 0.317 e. The third-order valence-corrected chi connectivity index (χ3v) is 10.7. The number of benzene rings is 3. The van der Waals surface area contributed by atoms with E-state index in [0.717, 1.165) is 21.2 Å². The summed E-state index contributed by atoms with van der Waals surface area (Å²) in [6, 6.07) is 24.2. The minimum Gasteiger partial charge on any atom is -0.480 e. The molecule has 0 saturated carbocycles. The quantitative estimate of drug-likeness (QED) is 0.251. The maximum absolute atomic E-state index is 13.6. The Bertz CT molecular complexity index is 1260. The van der Waals surface area contributed by atoms with E-state index in [9.17, 15) is 14.7 Å². The van der Waals surface area contributed by atoms with Crippen molar-refractivity contribution in [3.8, 4) is 0 Å². The summed E-state index contributed by atoms with van der Waals surface area (Å²) < 4.78 is 7.14. The van der Waals surface area contributed by atoms with E-state index in [-0.39, 0.29) is 12.3 Å². The Hall–Kier alpha value is -2.74. The fraction of sp³-hybridized carbons (Fsp3) is 0.355. The average molecular weight is 594 g/mol. The number of hydrogen-bond donors (Lipinski definition) is 1. The number of carboxylic acids is 1. The number of amides is 1. The summed E-state index contributed by atoms with van der Waals surface area (Å²) in [5, 5.41) is 10.7. The predicted octanol–water partition coefficient (Wildman–Crippen LogP) is 7.27. The highest BCUT2D eigenvalue weighted by Crippen LogP contribution is 2.52. The summed E-state index contributed by atoms with van der Waals surface area (Å²) in [6.07, 6.45) is -0.101. The molecule has 3 aromatic carbocycles. The molecular weight excluding hydrogens is 558 g/mol. The molecule has 0 spiro atoms. The number of carbonyl (C=O) groups excluding carboxylic acids is 1. The van der Waals surface area contributed by atoms with Gasteiger partial charge in [0.15, 0.2) is 0 Å². The van der Waals surface area contributed by atoms with Gasteiger partial charge in [-0.3, -0.25) is 9.59 Å². The number of carbonyl (C=O) groups is 2. The zero-order chi connectivity index (χ0) is 27.4. The van der Waals surface area contributed by atoms with Crippen molar-refractivity contribution in [2.45, 2.75) is 69.8 Å². The fourth-order valence-electron chi connectivity index (χ4n) is 5.60. The van der Waals surface area contributed by atoms with Gasteiger partial charge in [0, 0.05) is 17.4 Å². The number of likely N-dealkylation sites (tertiary alicyclic amines) is 1. The maximum Gasteiger partial charge on any atom is 0.317 e. The predicted molar refractivity (Wildman–Crippen MR) is 155 cm³/mol. The molecule has 0 aliphatic carbocycles. The van der Waals surface area contributed by atoms with E-state index in [4.69, 9.17) is 4.43 Å². The van der Waals surface area contributed by atoms with Crippen LogP contribution in [0.3, 0.4) is 0 Å². The normalized spacial score (nSPS) is 19.6. The second kappa shape index (κ2) is 12.0. The van der Waals surface area contributed by atoms with Gasteiger partial charge in [0.2, 0.25) is 14.9 Å².